The van der Waals surface area contributed by atoms with Crippen LogP contribution in [0.1, 0.15) is 24.5 Å². The van der Waals surface area contributed by atoms with Crippen LogP contribution in [0.25, 0.3) is 5.57 Å². The van der Waals surface area contributed by atoms with Gasteiger partial charge in [0.2, 0.25) is 0 Å². The van der Waals surface area contributed by atoms with E-state index < -0.39 is 29.3 Å². The van der Waals surface area contributed by atoms with Crippen molar-refractivity contribution in [2.45, 2.75) is 18.8 Å². The van der Waals surface area contributed by atoms with Crippen LogP contribution in [0, 0.1) is 0 Å². The van der Waals surface area contributed by atoms with Gasteiger partial charge in [-0.05, 0) is 17.5 Å². The molecule has 0 aromatic heterocycles. The molecule has 0 heterocycles. The highest BCUT2D eigenvalue weighted by atomic mass is 16.5. The van der Waals surface area contributed by atoms with E-state index in [4.69, 9.17) is 14.2 Å². The summed E-state index contributed by atoms with van der Waals surface area (Å²) in [5, 5.41) is 0. The van der Waals surface area contributed by atoms with Crippen LogP contribution in [-0.4, -0.2) is 52.3 Å². The molecule has 0 radical (unpaired) electrons. The second-order valence-corrected chi connectivity index (χ2v) is 6.46. The number of benzene rings is 1. The van der Waals surface area contributed by atoms with Gasteiger partial charge >= 0.3 is 23.9 Å². The maximum Gasteiger partial charge on any atom is 0.339 e. The Labute approximate surface area is 168 Å². The highest BCUT2D eigenvalue weighted by Crippen LogP contribution is 2.47. The Morgan fingerprint density at radius 1 is 0.897 bits per heavy atom. The van der Waals surface area contributed by atoms with Gasteiger partial charge in [0.25, 0.3) is 0 Å². The molecule has 8 heteroatoms. The predicted octanol–water partition coefficient (Wildman–Crippen LogP) is 1.72. The minimum atomic E-state index is -1.18. The SMILES string of the molecule is COC(=O)/C=C(\C(=O)OC)C1(C)CC(C(=O)OC)=C(C(=O)OC)c2ccccc21. The average molecular weight is 402 g/mol. The Kier molecular flexibility index (Phi) is 6.58. The van der Waals surface area contributed by atoms with Crippen molar-refractivity contribution in [2.75, 3.05) is 28.4 Å². The Morgan fingerprint density at radius 2 is 1.52 bits per heavy atom. The molecule has 2 rings (SSSR count). The van der Waals surface area contributed by atoms with Crippen molar-refractivity contribution in [1.82, 2.24) is 0 Å². The van der Waals surface area contributed by atoms with Gasteiger partial charge in [0, 0.05) is 11.5 Å². The second-order valence-electron chi connectivity index (χ2n) is 6.46. The molecule has 29 heavy (non-hydrogen) atoms. The number of methoxy groups -OCH3 is 4. The Bertz CT molecular complexity index is 924. The second kappa shape index (κ2) is 8.72. The third-order valence-corrected chi connectivity index (χ3v) is 4.91. The summed E-state index contributed by atoms with van der Waals surface area (Å²) in [7, 11) is 4.76. The molecule has 1 unspecified atom stereocenters. The molecular weight excluding hydrogens is 380 g/mol. The number of rotatable bonds is 5. The number of carbonyl (C=O) groups is 4. The largest absolute Gasteiger partial charge is 0.466 e. The fourth-order valence-corrected chi connectivity index (χ4v) is 3.49. The molecule has 1 aromatic rings. The van der Waals surface area contributed by atoms with E-state index in [0.717, 1.165) is 6.08 Å². The molecule has 0 amide bonds. The van der Waals surface area contributed by atoms with Crippen molar-refractivity contribution in [3.8, 4) is 0 Å². The molecule has 0 spiro atoms. The first kappa shape index (κ1) is 21.9. The summed E-state index contributed by atoms with van der Waals surface area (Å²) in [6.45, 7) is 1.68. The Hall–Kier alpha value is -3.42. The van der Waals surface area contributed by atoms with E-state index in [1.807, 2.05) is 0 Å². The zero-order valence-electron chi connectivity index (χ0n) is 16.9. The summed E-state index contributed by atoms with van der Waals surface area (Å²) in [6.07, 6.45) is 0.930. The van der Waals surface area contributed by atoms with Crippen LogP contribution in [0.4, 0.5) is 0 Å². The Balaban J connectivity index is 2.88. The van der Waals surface area contributed by atoms with E-state index >= 15 is 0 Å². The van der Waals surface area contributed by atoms with Gasteiger partial charge in [0.05, 0.1) is 45.2 Å². The monoisotopic (exact) mass is 402 g/mol. The van der Waals surface area contributed by atoms with Crippen molar-refractivity contribution < 1.29 is 38.1 Å². The molecule has 0 saturated heterocycles. The minimum absolute atomic E-state index is 0.0235. The third kappa shape index (κ3) is 3.91. The van der Waals surface area contributed by atoms with Gasteiger partial charge in [0.15, 0.2) is 0 Å². The molecule has 1 aromatic carbocycles. The Morgan fingerprint density at radius 3 is 2.07 bits per heavy atom. The lowest BCUT2D eigenvalue weighted by molar-refractivity contribution is -0.139. The maximum absolute atomic E-state index is 12.6. The van der Waals surface area contributed by atoms with E-state index in [0.29, 0.717) is 11.1 Å². The van der Waals surface area contributed by atoms with Crippen LogP contribution < -0.4 is 0 Å². The van der Waals surface area contributed by atoms with E-state index in [1.165, 1.54) is 28.4 Å². The van der Waals surface area contributed by atoms with E-state index in [1.54, 1.807) is 31.2 Å². The molecule has 0 saturated carbocycles. The van der Waals surface area contributed by atoms with Crippen LogP contribution >= 0.6 is 0 Å². The molecule has 8 nitrogen and oxygen atoms in total. The first-order valence-electron chi connectivity index (χ1n) is 8.63. The van der Waals surface area contributed by atoms with Crippen molar-refractivity contribution in [3.63, 3.8) is 0 Å². The fourth-order valence-electron chi connectivity index (χ4n) is 3.49. The van der Waals surface area contributed by atoms with E-state index in [2.05, 4.69) is 4.74 Å². The summed E-state index contributed by atoms with van der Waals surface area (Å²) in [5.74, 6) is -2.98. The van der Waals surface area contributed by atoms with E-state index in [-0.39, 0.29) is 23.1 Å². The van der Waals surface area contributed by atoms with Crippen LogP contribution in [0.3, 0.4) is 0 Å². The van der Waals surface area contributed by atoms with Gasteiger partial charge in [-0.25, -0.2) is 19.2 Å². The van der Waals surface area contributed by atoms with Crippen molar-refractivity contribution in [3.05, 3.63) is 52.6 Å². The molecule has 1 aliphatic carbocycles. The number of ether oxygens (including phenoxy) is 4. The zero-order chi connectivity index (χ0) is 21.8. The summed E-state index contributed by atoms with van der Waals surface area (Å²) in [5.41, 5.74) is -0.180. The van der Waals surface area contributed by atoms with Crippen LogP contribution in [0.15, 0.2) is 41.5 Å². The summed E-state index contributed by atoms with van der Waals surface area (Å²) < 4.78 is 19.3. The first-order valence-corrected chi connectivity index (χ1v) is 8.63. The van der Waals surface area contributed by atoms with Gasteiger partial charge in [-0.15, -0.1) is 0 Å². The lowest BCUT2D eigenvalue weighted by Crippen LogP contribution is -2.37. The van der Waals surface area contributed by atoms with Crippen molar-refractivity contribution in [1.29, 1.82) is 0 Å². The molecule has 154 valence electrons. The first-order chi connectivity index (χ1) is 13.7. The number of hydrogen-bond acceptors (Lipinski definition) is 8. The normalized spacial score (nSPS) is 18.4. The summed E-state index contributed by atoms with van der Waals surface area (Å²) >= 11 is 0. The van der Waals surface area contributed by atoms with Crippen molar-refractivity contribution >= 4 is 29.5 Å². The van der Waals surface area contributed by atoms with Gasteiger partial charge in [-0.1, -0.05) is 31.2 Å². The lowest BCUT2D eigenvalue weighted by Gasteiger charge is -2.37. The smallest absolute Gasteiger partial charge is 0.339 e. The number of esters is 4. The topological polar surface area (TPSA) is 105 Å². The summed E-state index contributed by atoms with van der Waals surface area (Å²) in [4.78, 5) is 49.5. The number of hydrogen-bond donors (Lipinski definition) is 0. The molecular formula is C21H22O8. The minimum Gasteiger partial charge on any atom is -0.466 e. The highest BCUT2D eigenvalue weighted by Gasteiger charge is 2.45. The molecule has 0 fully saturated rings. The average Bonchev–Trinajstić information content (AvgIpc) is 2.75. The van der Waals surface area contributed by atoms with Gasteiger partial charge in [-0.3, -0.25) is 0 Å². The van der Waals surface area contributed by atoms with Gasteiger partial charge in [0.1, 0.15) is 0 Å². The van der Waals surface area contributed by atoms with Crippen LogP contribution in [0.2, 0.25) is 0 Å². The predicted molar refractivity (Wildman–Crippen MR) is 101 cm³/mol. The van der Waals surface area contributed by atoms with Gasteiger partial charge < -0.3 is 18.9 Å². The fraction of sp³-hybridized carbons (Fsp3) is 0.333. The van der Waals surface area contributed by atoms with Crippen LogP contribution in [-0.2, 0) is 43.5 Å². The molecule has 0 N–H and O–H groups in total. The lowest BCUT2D eigenvalue weighted by atomic mass is 9.64. The standard InChI is InChI=1S/C21H22O8/c1-21(15(19(24)28-4)10-16(22)26-2)11-13(18(23)27-3)17(20(25)29-5)12-8-6-7-9-14(12)21/h6-10H,11H2,1-5H3/b15-10+. The van der Waals surface area contributed by atoms with Gasteiger partial charge in [-0.2, -0.15) is 0 Å². The molecule has 0 aliphatic heterocycles. The van der Waals surface area contributed by atoms with E-state index in [9.17, 15) is 19.2 Å². The molecule has 1 aliphatic rings. The molecule has 0 bridgehead atoms. The third-order valence-electron chi connectivity index (χ3n) is 4.91. The quantitative estimate of drug-likeness (QED) is 0.416. The highest BCUT2D eigenvalue weighted by molar-refractivity contribution is 6.24. The maximum atomic E-state index is 12.6. The molecule has 1 atom stereocenters. The summed E-state index contributed by atoms with van der Waals surface area (Å²) in [6, 6.07) is 6.75. The van der Waals surface area contributed by atoms with Crippen LogP contribution in [0.5, 0.6) is 0 Å². The zero-order valence-corrected chi connectivity index (χ0v) is 16.9. The number of fused-ring (bicyclic) bond motifs is 1. The number of carbonyl (C=O) groups excluding carboxylic acids is 4. The van der Waals surface area contributed by atoms with Crippen molar-refractivity contribution in [2.24, 2.45) is 0 Å².